The van der Waals surface area contributed by atoms with Crippen LogP contribution in [-0.4, -0.2) is 37.2 Å². The van der Waals surface area contributed by atoms with Gasteiger partial charge in [-0.2, -0.15) is 0 Å². The van der Waals surface area contributed by atoms with Crippen molar-refractivity contribution < 1.29 is 28.6 Å². The minimum Gasteiger partial charge on any atom is -0.462 e. The van der Waals surface area contributed by atoms with Crippen molar-refractivity contribution in [2.45, 2.75) is 309 Å². The summed E-state index contributed by atoms with van der Waals surface area (Å²) in [6.45, 7) is 6.61. The van der Waals surface area contributed by atoms with Gasteiger partial charge in [0.05, 0.1) is 0 Å². The highest BCUT2D eigenvalue weighted by atomic mass is 16.6. The summed E-state index contributed by atoms with van der Waals surface area (Å²) in [6.07, 6.45) is 72.0. The Morgan fingerprint density at radius 2 is 0.522 bits per heavy atom. The molecule has 0 N–H and O–H groups in total. The van der Waals surface area contributed by atoms with Gasteiger partial charge in [0.15, 0.2) is 6.10 Å². The fourth-order valence-electron chi connectivity index (χ4n) is 8.44. The fraction of sp³-hybridized carbons (Fsp3) is 0.794. The molecule has 0 aliphatic heterocycles. The number of carbonyl (C=O) groups excluding carboxylic acids is 3. The third kappa shape index (κ3) is 55.9. The molecule has 0 fully saturated rings. The lowest BCUT2D eigenvalue weighted by Gasteiger charge is -2.18. The standard InChI is InChI=1S/C63H112O6/c1-4-7-10-13-16-19-22-25-28-31-32-33-36-38-41-44-47-50-53-56-62(65)68-59-60(69-63(66)57-54-51-48-45-42-39-35-30-27-24-21-18-15-12-9-6-3)58-67-61(64)55-52-49-46-43-40-37-34-29-26-23-20-17-14-11-8-5-2/h16,19,25,28-30,32-35,60H,4-15,17-18,20-24,26-27,31,36-59H2,1-3H3/b19-16-,28-25-,33-32-,34-29-,35-30-. The predicted octanol–water partition coefficient (Wildman–Crippen LogP) is 20.0. The smallest absolute Gasteiger partial charge is 0.306 e. The zero-order valence-corrected chi connectivity index (χ0v) is 45.8. The molecule has 0 heterocycles. The normalized spacial score (nSPS) is 12.4. The van der Waals surface area contributed by atoms with Gasteiger partial charge in [0.1, 0.15) is 13.2 Å². The maximum absolute atomic E-state index is 12.9. The lowest BCUT2D eigenvalue weighted by atomic mass is 10.1. The van der Waals surface area contributed by atoms with Gasteiger partial charge in [-0.1, -0.05) is 236 Å². The van der Waals surface area contributed by atoms with Crippen LogP contribution < -0.4 is 0 Å². The second-order valence-electron chi connectivity index (χ2n) is 19.9. The van der Waals surface area contributed by atoms with Crippen LogP contribution in [0.2, 0.25) is 0 Å². The number of carbonyl (C=O) groups is 3. The summed E-state index contributed by atoms with van der Waals surface area (Å²) in [6, 6.07) is 0. The number of ether oxygens (including phenoxy) is 3. The summed E-state index contributed by atoms with van der Waals surface area (Å²) in [7, 11) is 0. The van der Waals surface area contributed by atoms with Gasteiger partial charge in [-0.25, -0.2) is 0 Å². The highest BCUT2D eigenvalue weighted by molar-refractivity contribution is 5.71. The van der Waals surface area contributed by atoms with E-state index in [0.29, 0.717) is 19.3 Å². The lowest BCUT2D eigenvalue weighted by Crippen LogP contribution is -2.30. The van der Waals surface area contributed by atoms with Crippen LogP contribution in [0, 0.1) is 0 Å². The van der Waals surface area contributed by atoms with E-state index in [1.165, 1.54) is 167 Å². The largest absolute Gasteiger partial charge is 0.462 e. The molecule has 0 rings (SSSR count). The second-order valence-corrected chi connectivity index (χ2v) is 19.9. The zero-order chi connectivity index (χ0) is 50.0. The van der Waals surface area contributed by atoms with E-state index >= 15 is 0 Å². The predicted molar refractivity (Wildman–Crippen MR) is 298 cm³/mol. The van der Waals surface area contributed by atoms with Crippen molar-refractivity contribution in [2.75, 3.05) is 13.2 Å². The van der Waals surface area contributed by atoms with Crippen molar-refractivity contribution in [3.05, 3.63) is 60.8 Å². The van der Waals surface area contributed by atoms with Gasteiger partial charge in [0.25, 0.3) is 0 Å². The van der Waals surface area contributed by atoms with Crippen LogP contribution >= 0.6 is 0 Å². The Kier molecular flexibility index (Phi) is 55.3. The average Bonchev–Trinajstić information content (AvgIpc) is 3.35. The molecule has 0 aromatic rings. The Hall–Kier alpha value is -2.89. The van der Waals surface area contributed by atoms with Crippen molar-refractivity contribution in [1.29, 1.82) is 0 Å². The molecular formula is C63H112O6. The summed E-state index contributed by atoms with van der Waals surface area (Å²) < 4.78 is 16.9. The van der Waals surface area contributed by atoms with E-state index in [9.17, 15) is 14.4 Å². The summed E-state index contributed by atoms with van der Waals surface area (Å²) in [5.74, 6) is -0.902. The van der Waals surface area contributed by atoms with Gasteiger partial charge in [-0.15, -0.1) is 0 Å². The zero-order valence-electron chi connectivity index (χ0n) is 45.8. The van der Waals surface area contributed by atoms with Crippen LogP contribution in [0.25, 0.3) is 0 Å². The molecular weight excluding hydrogens is 853 g/mol. The highest BCUT2D eigenvalue weighted by Crippen LogP contribution is 2.15. The minimum atomic E-state index is -0.788. The van der Waals surface area contributed by atoms with Crippen molar-refractivity contribution in [3.63, 3.8) is 0 Å². The minimum absolute atomic E-state index is 0.0851. The van der Waals surface area contributed by atoms with Crippen LogP contribution in [0.1, 0.15) is 303 Å². The first-order valence-corrected chi connectivity index (χ1v) is 29.8. The number of esters is 3. The topological polar surface area (TPSA) is 78.9 Å². The molecule has 0 radical (unpaired) electrons. The molecule has 0 aliphatic carbocycles. The van der Waals surface area contributed by atoms with Gasteiger partial charge in [0.2, 0.25) is 0 Å². The number of rotatable bonds is 54. The summed E-state index contributed by atoms with van der Waals surface area (Å²) in [5, 5.41) is 0. The Balaban J connectivity index is 4.41. The third-order valence-electron chi connectivity index (χ3n) is 13.0. The van der Waals surface area contributed by atoms with Crippen molar-refractivity contribution in [3.8, 4) is 0 Å². The summed E-state index contributed by atoms with van der Waals surface area (Å²) in [5.41, 5.74) is 0. The first-order valence-electron chi connectivity index (χ1n) is 29.8. The summed E-state index contributed by atoms with van der Waals surface area (Å²) in [4.78, 5) is 38.2. The Bertz CT molecular complexity index is 1250. The molecule has 0 saturated heterocycles. The first kappa shape index (κ1) is 66.1. The second kappa shape index (κ2) is 57.7. The van der Waals surface area contributed by atoms with Gasteiger partial charge in [0, 0.05) is 19.3 Å². The summed E-state index contributed by atoms with van der Waals surface area (Å²) >= 11 is 0. The molecule has 400 valence electrons. The van der Waals surface area contributed by atoms with Crippen LogP contribution in [0.4, 0.5) is 0 Å². The van der Waals surface area contributed by atoms with E-state index in [4.69, 9.17) is 14.2 Å². The molecule has 0 aromatic heterocycles. The molecule has 0 spiro atoms. The van der Waals surface area contributed by atoms with Crippen molar-refractivity contribution in [2.24, 2.45) is 0 Å². The van der Waals surface area contributed by atoms with E-state index < -0.39 is 6.10 Å². The molecule has 69 heavy (non-hydrogen) atoms. The SMILES string of the molecule is CCCCC/C=C\C/C=C\C/C=C\CCCCCCCCC(=O)OCC(COC(=O)CCCCCCC/C=C\CCCCCCCCC)OC(=O)CCCCCCC/C=C\CCCCCCCCC. The van der Waals surface area contributed by atoms with E-state index in [2.05, 4.69) is 81.5 Å². The van der Waals surface area contributed by atoms with Crippen LogP contribution in [0.15, 0.2) is 60.8 Å². The van der Waals surface area contributed by atoms with Crippen LogP contribution in [-0.2, 0) is 28.6 Å². The van der Waals surface area contributed by atoms with Gasteiger partial charge >= 0.3 is 17.9 Å². The highest BCUT2D eigenvalue weighted by Gasteiger charge is 2.19. The average molecular weight is 966 g/mol. The third-order valence-corrected chi connectivity index (χ3v) is 13.0. The number of hydrogen-bond acceptors (Lipinski definition) is 6. The van der Waals surface area contributed by atoms with Crippen LogP contribution in [0.5, 0.6) is 0 Å². The number of unbranched alkanes of at least 4 members (excludes halogenated alkanes) is 33. The quantitative estimate of drug-likeness (QED) is 0.0262. The molecule has 0 bridgehead atoms. The van der Waals surface area contributed by atoms with E-state index in [1.807, 2.05) is 0 Å². The van der Waals surface area contributed by atoms with E-state index in [0.717, 1.165) is 96.3 Å². The van der Waals surface area contributed by atoms with Crippen LogP contribution in [0.3, 0.4) is 0 Å². The van der Waals surface area contributed by atoms with E-state index in [1.54, 1.807) is 0 Å². The molecule has 1 unspecified atom stereocenters. The van der Waals surface area contributed by atoms with Crippen molar-refractivity contribution in [1.82, 2.24) is 0 Å². The maximum Gasteiger partial charge on any atom is 0.306 e. The monoisotopic (exact) mass is 965 g/mol. The van der Waals surface area contributed by atoms with Crippen molar-refractivity contribution >= 4 is 17.9 Å². The molecule has 0 saturated carbocycles. The Morgan fingerprint density at radius 1 is 0.290 bits per heavy atom. The molecule has 0 aromatic carbocycles. The number of hydrogen-bond donors (Lipinski definition) is 0. The molecule has 0 aliphatic rings. The number of allylic oxidation sites excluding steroid dienone is 10. The van der Waals surface area contributed by atoms with Gasteiger partial charge in [-0.3, -0.25) is 14.4 Å². The first-order chi connectivity index (χ1) is 34.0. The fourth-order valence-corrected chi connectivity index (χ4v) is 8.44. The molecule has 6 nitrogen and oxygen atoms in total. The Labute approximate surface area is 428 Å². The van der Waals surface area contributed by atoms with Gasteiger partial charge < -0.3 is 14.2 Å². The molecule has 0 amide bonds. The molecule has 1 atom stereocenters. The maximum atomic E-state index is 12.9. The Morgan fingerprint density at radius 3 is 0.855 bits per heavy atom. The molecule has 6 heteroatoms. The lowest BCUT2D eigenvalue weighted by molar-refractivity contribution is -0.167. The van der Waals surface area contributed by atoms with Gasteiger partial charge in [-0.05, 0) is 109 Å². The van der Waals surface area contributed by atoms with E-state index in [-0.39, 0.29) is 31.1 Å².